The Bertz CT molecular complexity index is 673. The number of nitrogens with zero attached hydrogens (tertiary/aromatic N) is 1. The van der Waals surface area contributed by atoms with Gasteiger partial charge in [-0.05, 0) is 63.0 Å². The molecule has 0 unspecified atom stereocenters. The first kappa shape index (κ1) is 15.5. The van der Waals surface area contributed by atoms with Gasteiger partial charge in [0.1, 0.15) is 5.69 Å². The molecular weight excluding hydrogens is 408 g/mol. The summed E-state index contributed by atoms with van der Waals surface area (Å²) in [7, 11) is 1.84. The van der Waals surface area contributed by atoms with E-state index in [-0.39, 0.29) is 5.91 Å². The molecule has 2 aromatic rings. The fraction of sp³-hybridized carbons (Fsp3) is 0.333. The van der Waals surface area contributed by atoms with Gasteiger partial charge in [0.15, 0.2) is 4.77 Å². The second-order valence-electron chi connectivity index (χ2n) is 4.35. The number of imidazole rings is 1. The SMILES string of the molecule is Cn1c(C(=O)NCCCc2c[nH]c(=S)[nH]2)cc(Br)c1Br. The molecule has 0 spiro atoms. The minimum Gasteiger partial charge on any atom is -0.351 e. The molecule has 0 aliphatic heterocycles. The Kier molecular flexibility index (Phi) is 5.22. The molecule has 2 aromatic heterocycles. The third-order valence-electron chi connectivity index (χ3n) is 2.91. The Balaban J connectivity index is 1.83. The molecular formula is C12H14Br2N4OS. The van der Waals surface area contributed by atoms with E-state index < -0.39 is 0 Å². The van der Waals surface area contributed by atoms with E-state index >= 15 is 0 Å². The second kappa shape index (κ2) is 6.73. The van der Waals surface area contributed by atoms with Crippen LogP contribution in [0.15, 0.2) is 21.3 Å². The number of H-pyrrole nitrogens is 2. The van der Waals surface area contributed by atoms with E-state index in [9.17, 15) is 4.79 Å². The van der Waals surface area contributed by atoms with Crippen LogP contribution in [0.2, 0.25) is 0 Å². The molecule has 8 heteroatoms. The Hall–Kier alpha value is -0.860. The summed E-state index contributed by atoms with van der Waals surface area (Å²) < 4.78 is 4.14. The minimum atomic E-state index is -0.0825. The molecule has 0 fully saturated rings. The van der Waals surface area contributed by atoms with E-state index in [1.165, 1.54) is 0 Å². The van der Waals surface area contributed by atoms with Crippen LogP contribution in [0.25, 0.3) is 0 Å². The molecule has 5 nitrogen and oxygen atoms in total. The fourth-order valence-electron chi connectivity index (χ4n) is 1.84. The molecule has 108 valence electrons. The van der Waals surface area contributed by atoms with Crippen LogP contribution in [-0.4, -0.2) is 27.0 Å². The van der Waals surface area contributed by atoms with Crippen LogP contribution in [-0.2, 0) is 13.5 Å². The smallest absolute Gasteiger partial charge is 0.267 e. The maximum absolute atomic E-state index is 12.0. The molecule has 0 aliphatic rings. The molecule has 0 saturated heterocycles. The van der Waals surface area contributed by atoms with Crippen LogP contribution in [0.3, 0.4) is 0 Å². The lowest BCUT2D eigenvalue weighted by Crippen LogP contribution is -2.26. The van der Waals surface area contributed by atoms with Crippen molar-refractivity contribution in [3.05, 3.63) is 37.5 Å². The van der Waals surface area contributed by atoms with Crippen molar-refractivity contribution in [2.24, 2.45) is 7.05 Å². The van der Waals surface area contributed by atoms with Gasteiger partial charge < -0.3 is 19.9 Å². The lowest BCUT2D eigenvalue weighted by molar-refractivity contribution is 0.0945. The summed E-state index contributed by atoms with van der Waals surface area (Å²) in [4.78, 5) is 18.0. The average molecular weight is 422 g/mol. The quantitative estimate of drug-likeness (QED) is 0.512. The van der Waals surface area contributed by atoms with Crippen molar-refractivity contribution in [3.8, 4) is 0 Å². The zero-order chi connectivity index (χ0) is 14.7. The van der Waals surface area contributed by atoms with Crippen LogP contribution >= 0.6 is 44.1 Å². The van der Waals surface area contributed by atoms with Gasteiger partial charge in [0.2, 0.25) is 0 Å². The highest BCUT2D eigenvalue weighted by Crippen LogP contribution is 2.26. The molecule has 1 amide bonds. The zero-order valence-electron chi connectivity index (χ0n) is 10.8. The van der Waals surface area contributed by atoms with Crippen LogP contribution in [0, 0.1) is 4.77 Å². The Labute approximate surface area is 138 Å². The zero-order valence-corrected chi connectivity index (χ0v) is 14.8. The van der Waals surface area contributed by atoms with Crippen LogP contribution < -0.4 is 5.32 Å². The third-order valence-corrected chi connectivity index (χ3v) is 5.22. The van der Waals surface area contributed by atoms with E-state index in [4.69, 9.17) is 12.2 Å². The summed E-state index contributed by atoms with van der Waals surface area (Å²) in [6.45, 7) is 0.616. The molecule has 0 aliphatic carbocycles. The molecule has 2 heterocycles. The van der Waals surface area contributed by atoms with Crippen molar-refractivity contribution in [2.45, 2.75) is 12.8 Å². The highest BCUT2D eigenvalue weighted by atomic mass is 79.9. The van der Waals surface area contributed by atoms with Gasteiger partial charge in [0, 0.05) is 25.5 Å². The van der Waals surface area contributed by atoms with Crippen molar-refractivity contribution < 1.29 is 4.79 Å². The summed E-state index contributed by atoms with van der Waals surface area (Å²) in [5.74, 6) is -0.0825. The number of halogens is 2. The highest BCUT2D eigenvalue weighted by Gasteiger charge is 2.14. The molecule has 0 saturated carbocycles. The van der Waals surface area contributed by atoms with Gasteiger partial charge in [-0.25, -0.2) is 0 Å². The number of aryl methyl sites for hydroxylation is 1. The summed E-state index contributed by atoms with van der Waals surface area (Å²) in [6, 6.07) is 1.79. The van der Waals surface area contributed by atoms with Gasteiger partial charge in [-0.2, -0.15) is 0 Å². The lowest BCUT2D eigenvalue weighted by Gasteiger charge is -2.06. The number of aromatic amines is 2. The van der Waals surface area contributed by atoms with Crippen molar-refractivity contribution in [2.75, 3.05) is 6.54 Å². The monoisotopic (exact) mass is 420 g/mol. The summed E-state index contributed by atoms with van der Waals surface area (Å²) in [5, 5.41) is 2.91. The van der Waals surface area contributed by atoms with Gasteiger partial charge in [0.05, 0.1) is 9.08 Å². The number of hydrogen-bond acceptors (Lipinski definition) is 2. The van der Waals surface area contributed by atoms with Crippen LogP contribution in [0.5, 0.6) is 0 Å². The van der Waals surface area contributed by atoms with Crippen LogP contribution in [0.1, 0.15) is 22.6 Å². The van der Waals surface area contributed by atoms with Gasteiger partial charge in [-0.15, -0.1) is 0 Å². The van der Waals surface area contributed by atoms with Crippen molar-refractivity contribution in [1.82, 2.24) is 19.9 Å². The van der Waals surface area contributed by atoms with Gasteiger partial charge >= 0.3 is 0 Å². The first-order chi connectivity index (χ1) is 9.49. The fourth-order valence-corrected chi connectivity index (χ4v) is 2.82. The van der Waals surface area contributed by atoms with E-state index in [0.29, 0.717) is 17.0 Å². The Morgan fingerprint density at radius 1 is 1.50 bits per heavy atom. The highest BCUT2D eigenvalue weighted by molar-refractivity contribution is 9.13. The van der Waals surface area contributed by atoms with E-state index in [2.05, 4.69) is 47.1 Å². The van der Waals surface area contributed by atoms with Crippen molar-refractivity contribution in [3.63, 3.8) is 0 Å². The average Bonchev–Trinajstić information content (AvgIpc) is 2.94. The first-order valence-electron chi connectivity index (χ1n) is 6.04. The summed E-state index contributed by atoms with van der Waals surface area (Å²) in [5.41, 5.74) is 1.67. The van der Waals surface area contributed by atoms with Crippen molar-refractivity contribution >= 4 is 50.0 Å². The molecule has 0 radical (unpaired) electrons. The maximum Gasteiger partial charge on any atom is 0.267 e. The minimum absolute atomic E-state index is 0.0825. The number of nitrogens with one attached hydrogen (secondary N) is 3. The van der Waals surface area contributed by atoms with E-state index in [1.54, 1.807) is 10.6 Å². The second-order valence-corrected chi connectivity index (χ2v) is 6.37. The topological polar surface area (TPSA) is 65.6 Å². The number of hydrogen-bond donors (Lipinski definition) is 3. The number of aromatic nitrogens is 3. The largest absolute Gasteiger partial charge is 0.351 e. The molecule has 20 heavy (non-hydrogen) atoms. The molecule has 2 rings (SSSR count). The molecule has 0 aromatic carbocycles. The van der Waals surface area contributed by atoms with E-state index in [0.717, 1.165) is 27.6 Å². The molecule has 3 N–H and O–H groups in total. The standard InChI is InChI=1S/C12H14Br2N4OS/c1-18-9(5-8(13)10(18)14)11(19)15-4-2-3-7-6-16-12(20)17-7/h5-6H,2-4H2,1H3,(H,15,19)(H2,16,17,20). The lowest BCUT2D eigenvalue weighted by atomic mass is 10.2. The Morgan fingerprint density at radius 3 is 2.80 bits per heavy atom. The van der Waals surface area contributed by atoms with E-state index in [1.807, 2.05) is 13.2 Å². The number of carbonyl (C=O) groups is 1. The molecule has 0 atom stereocenters. The normalized spacial score (nSPS) is 10.8. The van der Waals surface area contributed by atoms with Crippen molar-refractivity contribution in [1.29, 1.82) is 0 Å². The summed E-state index contributed by atoms with van der Waals surface area (Å²) >= 11 is 11.7. The van der Waals surface area contributed by atoms with Gasteiger partial charge in [-0.3, -0.25) is 4.79 Å². The molecule has 0 bridgehead atoms. The first-order valence-corrected chi connectivity index (χ1v) is 8.04. The predicted molar refractivity (Wildman–Crippen MR) is 87.4 cm³/mol. The number of amides is 1. The predicted octanol–water partition coefficient (Wildman–Crippen LogP) is 3.30. The number of rotatable bonds is 5. The van der Waals surface area contributed by atoms with Gasteiger partial charge in [0.25, 0.3) is 5.91 Å². The summed E-state index contributed by atoms with van der Waals surface area (Å²) in [6.07, 6.45) is 3.55. The van der Waals surface area contributed by atoms with Crippen LogP contribution in [0.4, 0.5) is 0 Å². The number of carbonyl (C=O) groups excluding carboxylic acids is 1. The Morgan fingerprint density at radius 2 is 2.25 bits per heavy atom. The maximum atomic E-state index is 12.0. The van der Waals surface area contributed by atoms with Gasteiger partial charge in [-0.1, -0.05) is 0 Å². The third kappa shape index (κ3) is 3.62.